The summed E-state index contributed by atoms with van der Waals surface area (Å²) in [5, 5.41) is 13.9. The third kappa shape index (κ3) is 2.73. The minimum atomic E-state index is -0.441. The fourth-order valence-corrected chi connectivity index (χ4v) is 2.26. The molecule has 0 saturated carbocycles. The van der Waals surface area contributed by atoms with Crippen LogP contribution in [0.4, 0.5) is 17.3 Å². The van der Waals surface area contributed by atoms with Crippen molar-refractivity contribution in [3.63, 3.8) is 0 Å². The molecule has 1 aromatic heterocycles. The first-order valence-electron chi connectivity index (χ1n) is 6.12. The fourth-order valence-electron chi connectivity index (χ4n) is 2.26. The molecule has 0 unspecified atom stereocenters. The molecule has 1 aliphatic rings. The number of methoxy groups -OCH3 is 1. The standard InChI is InChI=1S/C11H17N5O3/c1-12-10-9(16(17)18)11(14-7-13-10)15-5-3-8(19-2)4-6-15/h7-8H,3-6H2,1-2H3,(H,12,13,14). The van der Waals surface area contributed by atoms with Crippen LogP contribution in [0, 0.1) is 10.1 Å². The van der Waals surface area contributed by atoms with Gasteiger partial charge in [0.1, 0.15) is 6.33 Å². The third-order valence-electron chi connectivity index (χ3n) is 3.30. The molecule has 1 aromatic rings. The number of hydrogen-bond acceptors (Lipinski definition) is 7. The normalized spacial score (nSPS) is 16.4. The zero-order valence-electron chi connectivity index (χ0n) is 11.0. The Kier molecular flexibility index (Phi) is 4.10. The minimum absolute atomic E-state index is 0.0686. The van der Waals surface area contributed by atoms with E-state index >= 15 is 0 Å². The van der Waals surface area contributed by atoms with Gasteiger partial charge in [-0.1, -0.05) is 0 Å². The van der Waals surface area contributed by atoms with Gasteiger partial charge >= 0.3 is 5.69 Å². The van der Waals surface area contributed by atoms with Gasteiger partial charge in [0.05, 0.1) is 11.0 Å². The minimum Gasteiger partial charge on any atom is -0.381 e. The monoisotopic (exact) mass is 267 g/mol. The number of rotatable bonds is 4. The van der Waals surface area contributed by atoms with Crippen LogP contribution in [0.3, 0.4) is 0 Å². The van der Waals surface area contributed by atoms with E-state index in [1.165, 1.54) is 6.33 Å². The second kappa shape index (κ2) is 5.79. The van der Waals surface area contributed by atoms with Gasteiger partial charge in [-0.25, -0.2) is 9.97 Å². The van der Waals surface area contributed by atoms with E-state index in [0.29, 0.717) is 18.9 Å². The number of piperidine rings is 1. The van der Waals surface area contributed by atoms with Gasteiger partial charge in [0.25, 0.3) is 0 Å². The molecule has 0 spiro atoms. The molecule has 1 saturated heterocycles. The Labute approximate surface area is 110 Å². The van der Waals surface area contributed by atoms with Gasteiger partial charge in [0, 0.05) is 27.2 Å². The lowest BCUT2D eigenvalue weighted by Crippen LogP contribution is -2.37. The van der Waals surface area contributed by atoms with Crippen LogP contribution in [-0.4, -0.2) is 48.2 Å². The third-order valence-corrected chi connectivity index (χ3v) is 3.30. The van der Waals surface area contributed by atoms with Gasteiger partial charge in [0.15, 0.2) is 0 Å². The summed E-state index contributed by atoms with van der Waals surface area (Å²) in [4.78, 5) is 20.6. The van der Waals surface area contributed by atoms with Crippen molar-refractivity contribution in [1.82, 2.24) is 9.97 Å². The average Bonchev–Trinajstić information content (AvgIpc) is 2.46. The first kappa shape index (κ1) is 13.5. The van der Waals surface area contributed by atoms with Gasteiger partial charge < -0.3 is 15.0 Å². The van der Waals surface area contributed by atoms with Crippen LogP contribution < -0.4 is 10.2 Å². The van der Waals surface area contributed by atoms with E-state index in [0.717, 1.165) is 12.8 Å². The first-order valence-corrected chi connectivity index (χ1v) is 6.12. The van der Waals surface area contributed by atoms with E-state index in [1.54, 1.807) is 14.2 Å². The molecule has 2 heterocycles. The summed E-state index contributed by atoms with van der Waals surface area (Å²) in [5.41, 5.74) is -0.0686. The Balaban J connectivity index is 2.27. The van der Waals surface area contributed by atoms with Gasteiger partial charge in [-0.05, 0) is 12.8 Å². The Morgan fingerprint density at radius 2 is 2.16 bits per heavy atom. The van der Waals surface area contributed by atoms with Crippen molar-refractivity contribution in [2.75, 3.05) is 37.5 Å². The van der Waals surface area contributed by atoms with Crippen LogP contribution >= 0.6 is 0 Å². The number of anilines is 2. The SMILES string of the molecule is CNc1ncnc(N2CCC(OC)CC2)c1[N+](=O)[O-]. The molecule has 8 nitrogen and oxygen atoms in total. The number of ether oxygens (including phenoxy) is 1. The topological polar surface area (TPSA) is 93.4 Å². The molecule has 1 aliphatic heterocycles. The Hall–Kier alpha value is -1.96. The molecule has 19 heavy (non-hydrogen) atoms. The van der Waals surface area contributed by atoms with Crippen molar-refractivity contribution in [1.29, 1.82) is 0 Å². The van der Waals surface area contributed by atoms with E-state index in [-0.39, 0.29) is 17.6 Å². The molecular formula is C11H17N5O3. The maximum Gasteiger partial charge on any atom is 0.353 e. The molecule has 0 aliphatic carbocycles. The lowest BCUT2D eigenvalue weighted by Gasteiger charge is -2.31. The predicted octanol–water partition coefficient (Wildman–Crippen LogP) is 1.04. The molecule has 1 fully saturated rings. The highest BCUT2D eigenvalue weighted by molar-refractivity contribution is 5.70. The van der Waals surface area contributed by atoms with Crippen molar-refractivity contribution in [3.05, 3.63) is 16.4 Å². The zero-order chi connectivity index (χ0) is 13.8. The molecule has 0 atom stereocenters. The van der Waals surface area contributed by atoms with Crippen molar-refractivity contribution in [2.45, 2.75) is 18.9 Å². The molecule has 1 N–H and O–H groups in total. The highest BCUT2D eigenvalue weighted by Crippen LogP contribution is 2.32. The number of nitrogens with one attached hydrogen (secondary N) is 1. The van der Waals surface area contributed by atoms with Crippen LogP contribution in [0.2, 0.25) is 0 Å². The highest BCUT2D eigenvalue weighted by atomic mass is 16.6. The molecule has 0 radical (unpaired) electrons. The van der Waals surface area contributed by atoms with E-state index in [1.807, 2.05) is 4.90 Å². The second-order valence-electron chi connectivity index (χ2n) is 4.32. The molecule has 0 amide bonds. The van der Waals surface area contributed by atoms with Crippen LogP contribution in [0.5, 0.6) is 0 Å². The van der Waals surface area contributed by atoms with Crippen LogP contribution in [0.25, 0.3) is 0 Å². The fraction of sp³-hybridized carbons (Fsp3) is 0.636. The maximum atomic E-state index is 11.2. The lowest BCUT2D eigenvalue weighted by atomic mass is 10.1. The molecule has 0 bridgehead atoms. The molecule has 8 heteroatoms. The van der Waals surface area contributed by atoms with Gasteiger partial charge in [0.2, 0.25) is 11.6 Å². The van der Waals surface area contributed by atoms with Gasteiger partial charge in [-0.3, -0.25) is 10.1 Å². The number of aromatic nitrogens is 2. The van der Waals surface area contributed by atoms with E-state index in [9.17, 15) is 10.1 Å². The second-order valence-corrected chi connectivity index (χ2v) is 4.32. The van der Waals surface area contributed by atoms with Crippen LogP contribution in [-0.2, 0) is 4.74 Å². The molecular weight excluding hydrogens is 250 g/mol. The van der Waals surface area contributed by atoms with Gasteiger partial charge in [-0.15, -0.1) is 0 Å². The van der Waals surface area contributed by atoms with Crippen molar-refractivity contribution >= 4 is 17.3 Å². The summed E-state index contributed by atoms with van der Waals surface area (Å²) in [5.74, 6) is 0.614. The van der Waals surface area contributed by atoms with Crippen molar-refractivity contribution < 1.29 is 9.66 Å². The lowest BCUT2D eigenvalue weighted by molar-refractivity contribution is -0.383. The van der Waals surface area contributed by atoms with E-state index < -0.39 is 4.92 Å². The summed E-state index contributed by atoms with van der Waals surface area (Å²) in [6.07, 6.45) is 3.25. The van der Waals surface area contributed by atoms with Crippen molar-refractivity contribution in [2.24, 2.45) is 0 Å². The first-order chi connectivity index (χ1) is 9.17. The summed E-state index contributed by atoms with van der Waals surface area (Å²) < 4.78 is 5.29. The van der Waals surface area contributed by atoms with Crippen LogP contribution in [0.1, 0.15) is 12.8 Å². The van der Waals surface area contributed by atoms with E-state index in [2.05, 4.69) is 15.3 Å². The maximum absolute atomic E-state index is 11.2. The quantitative estimate of drug-likeness (QED) is 0.643. The number of nitrogens with zero attached hydrogens (tertiary/aromatic N) is 4. The highest BCUT2D eigenvalue weighted by Gasteiger charge is 2.29. The summed E-state index contributed by atoms with van der Waals surface area (Å²) in [6, 6.07) is 0. The largest absolute Gasteiger partial charge is 0.381 e. The molecule has 0 aromatic carbocycles. The van der Waals surface area contributed by atoms with E-state index in [4.69, 9.17) is 4.74 Å². The Morgan fingerprint density at radius 1 is 1.47 bits per heavy atom. The average molecular weight is 267 g/mol. The molecule has 2 rings (SSSR count). The summed E-state index contributed by atoms with van der Waals surface area (Å²) in [7, 11) is 3.29. The zero-order valence-corrected chi connectivity index (χ0v) is 11.0. The smallest absolute Gasteiger partial charge is 0.353 e. The summed E-state index contributed by atoms with van der Waals surface area (Å²) >= 11 is 0. The number of nitro groups is 1. The van der Waals surface area contributed by atoms with Gasteiger partial charge in [-0.2, -0.15) is 0 Å². The Bertz CT molecular complexity index is 460. The van der Waals surface area contributed by atoms with Crippen LogP contribution in [0.15, 0.2) is 6.33 Å². The predicted molar refractivity (Wildman–Crippen MR) is 70.5 cm³/mol. The Morgan fingerprint density at radius 3 is 2.68 bits per heavy atom. The summed E-state index contributed by atoms with van der Waals surface area (Å²) in [6.45, 7) is 1.39. The molecule has 104 valence electrons. The van der Waals surface area contributed by atoms with Crippen molar-refractivity contribution in [3.8, 4) is 0 Å². The number of hydrogen-bond donors (Lipinski definition) is 1.